The van der Waals surface area contributed by atoms with E-state index in [4.69, 9.17) is 13.0 Å². The van der Waals surface area contributed by atoms with Crippen LogP contribution in [0.5, 0.6) is 0 Å². The van der Waals surface area contributed by atoms with Crippen LogP contribution < -0.4 is 0 Å². The summed E-state index contributed by atoms with van der Waals surface area (Å²) in [6.45, 7) is 0. The Hall–Kier alpha value is 0.710. The fourth-order valence-electron chi connectivity index (χ4n) is 0. The standard InChI is InChI=1S/FHO3S.Sc/c1-5(2,3)4;/h(H,2,3,4);. The van der Waals surface area contributed by atoms with Crippen LogP contribution in [0, 0.1) is 0 Å². The molecule has 0 amide bonds. The van der Waals surface area contributed by atoms with E-state index in [-0.39, 0.29) is 25.8 Å². The number of hydrogen-bond acceptors (Lipinski definition) is 2. The molecule has 0 aliphatic carbocycles. The molecule has 0 rings (SSSR count). The quantitative estimate of drug-likeness (QED) is 0.378. The Morgan fingerprint density at radius 1 is 1.50 bits per heavy atom. The van der Waals surface area contributed by atoms with E-state index >= 15 is 0 Å². The minimum atomic E-state index is -5.17. The van der Waals surface area contributed by atoms with Crippen LogP contribution in [-0.4, -0.2) is 13.0 Å². The van der Waals surface area contributed by atoms with Crippen LogP contribution in [0.25, 0.3) is 0 Å². The summed E-state index contributed by atoms with van der Waals surface area (Å²) < 4.78 is 34.1. The van der Waals surface area contributed by atoms with Crippen molar-refractivity contribution >= 4 is 10.5 Å². The molecule has 0 unspecified atom stereocenters. The first-order valence-corrected chi connectivity index (χ1v) is 2.01. The van der Waals surface area contributed by atoms with E-state index in [9.17, 15) is 3.89 Å². The van der Waals surface area contributed by atoms with Gasteiger partial charge in [-0.1, -0.05) is 3.89 Å². The third-order valence-electron chi connectivity index (χ3n) is 0. The van der Waals surface area contributed by atoms with E-state index < -0.39 is 10.5 Å². The SMILES string of the molecule is O=S(=O)(O)F.[Sc]. The molecule has 6 heteroatoms. The molecule has 1 radical (unpaired) electrons. The number of halogens is 1. The normalized spacial score (nSPS) is 9.67. The molecule has 0 heterocycles. The second kappa shape index (κ2) is 2.81. The Bertz CT molecular complexity index is 94.0. The summed E-state index contributed by atoms with van der Waals surface area (Å²) >= 11 is 0. The van der Waals surface area contributed by atoms with E-state index in [1.807, 2.05) is 0 Å². The monoisotopic (exact) mass is 145 g/mol. The van der Waals surface area contributed by atoms with Gasteiger partial charge in [0.05, 0.1) is 0 Å². The molecule has 0 atom stereocenters. The first-order valence-electron chi connectivity index (χ1n) is 0.670. The molecule has 0 fully saturated rings. The summed E-state index contributed by atoms with van der Waals surface area (Å²) in [7, 11) is -5.17. The Balaban J connectivity index is 0. The van der Waals surface area contributed by atoms with Gasteiger partial charge >= 0.3 is 10.5 Å². The Kier molecular flexibility index (Phi) is 4.62. The zero-order chi connectivity index (χ0) is 4.50. The molecule has 0 saturated heterocycles. The summed E-state index contributed by atoms with van der Waals surface area (Å²) in [5.74, 6) is 0. The van der Waals surface area contributed by atoms with Crippen molar-refractivity contribution in [1.82, 2.24) is 0 Å². The van der Waals surface area contributed by atoms with E-state index in [1.54, 1.807) is 0 Å². The van der Waals surface area contributed by atoms with Gasteiger partial charge in [-0.2, -0.15) is 8.42 Å². The van der Waals surface area contributed by atoms with Crippen molar-refractivity contribution in [3.8, 4) is 0 Å². The molecular weight excluding hydrogens is 144 g/mol. The predicted molar refractivity (Wildman–Crippen MR) is 12.7 cm³/mol. The van der Waals surface area contributed by atoms with E-state index in [1.165, 1.54) is 0 Å². The summed E-state index contributed by atoms with van der Waals surface area (Å²) in [6, 6.07) is 0. The molecule has 0 spiro atoms. The van der Waals surface area contributed by atoms with Gasteiger partial charge in [0.15, 0.2) is 0 Å². The number of hydrogen-bond donors (Lipinski definition) is 1. The summed E-state index contributed by atoms with van der Waals surface area (Å²) in [5, 5.41) is 0. The second-order valence-electron chi connectivity index (χ2n) is 0.412. The maximum Gasteiger partial charge on any atom is 0.435 e. The maximum absolute atomic E-state index is 10.2. The van der Waals surface area contributed by atoms with Gasteiger partial charge in [0.2, 0.25) is 0 Å². The first kappa shape index (κ1) is 9.86. The molecule has 3 nitrogen and oxygen atoms in total. The van der Waals surface area contributed by atoms with Gasteiger partial charge in [0.25, 0.3) is 0 Å². The van der Waals surface area contributed by atoms with Crippen molar-refractivity contribution in [2.75, 3.05) is 0 Å². The third-order valence-corrected chi connectivity index (χ3v) is 0. The van der Waals surface area contributed by atoms with Crippen molar-refractivity contribution in [2.24, 2.45) is 0 Å². The average molecular weight is 145 g/mol. The van der Waals surface area contributed by atoms with Crippen LogP contribution >= 0.6 is 0 Å². The molecule has 0 aliphatic heterocycles. The maximum atomic E-state index is 10.2. The Morgan fingerprint density at radius 2 is 1.50 bits per heavy atom. The average Bonchev–Trinajstić information content (AvgIpc) is 0.722. The number of rotatable bonds is 0. The third kappa shape index (κ3) is 129. The summed E-state index contributed by atoms with van der Waals surface area (Å²) in [6.07, 6.45) is 0. The van der Waals surface area contributed by atoms with Crippen LogP contribution in [0.15, 0.2) is 0 Å². The first-order chi connectivity index (χ1) is 2.00. The zero-order valence-corrected chi connectivity index (χ0v) is 5.25. The van der Waals surface area contributed by atoms with Crippen LogP contribution in [0.4, 0.5) is 3.89 Å². The van der Waals surface area contributed by atoms with Crippen molar-refractivity contribution in [2.45, 2.75) is 0 Å². The Labute approximate surface area is 53.4 Å². The molecule has 1 N–H and O–H groups in total. The van der Waals surface area contributed by atoms with Crippen LogP contribution in [0.3, 0.4) is 0 Å². The van der Waals surface area contributed by atoms with Crippen molar-refractivity contribution in [1.29, 1.82) is 0 Å². The largest absolute Gasteiger partial charge is 0.435 e. The fraction of sp³-hybridized carbons (Fsp3) is 0. The second-order valence-corrected chi connectivity index (χ2v) is 1.24. The minimum absolute atomic E-state index is 0. The zero-order valence-electron chi connectivity index (χ0n) is 2.63. The Morgan fingerprint density at radius 3 is 1.50 bits per heavy atom. The van der Waals surface area contributed by atoms with Crippen molar-refractivity contribution in [3.05, 3.63) is 0 Å². The van der Waals surface area contributed by atoms with Crippen LogP contribution in [-0.2, 0) is 36.3 Å². The molecular formula is HFO3SSc. The van der Waals surface area contributed by atoms with Crippen molar-refractivity contribution < 1.29 is 42.7 Å². The summed E-state index contributed by atoms with van der Waals surface area (Å²) in [4.78, 5) is 0. The van der Waals surface area contributed by atoms with Gasteiger partial charge in [0, 0.05) is 25.8 Å². The van der Waals surface area contributed by atoms with Gasteiger partial charge in [0.1, 0.15) is 0 Å². The molecule has 0 bridgehead atoms. The smallest absolute Gasteiger partial charge is 0.260 e. The minimum Gasteiger partial charge on any atom is -0.260 e. The van der Waals surface area contributed by atoms with E-state index in [0.717, 1.165) is 0 Å². The molecule has 6 heavy (non-hydrogen) atoms. The van der Waals surface area contributed by atoms with Gasteiger partial charge in [-0.05, 0) is 0 Å². The summed E-state index contributed by atoms with van der Waals surface area (Å²) in [5.41, 5.74) is 0. The molecule has 0 saturated carbocycles. The molecule has 0 aromatic carbocycles. The predicted octanol–water partition coefficient (Wildman–Crippen LogP) is -0.244. The van der Waals surface area contributed by atoms with Gasteiger partial charge in [-0.25, -0.2) is 0 Å². The molecule has 0 aliphatic rings. The van der Waals surface area contributed by atoms with Gasteiger partial charge < -0.3 is 0 Å². The molecule has 35 valence electrons. The van der Waals surface area contributed by atoms with E-state index in [2.05, 4.69) is 0 Å². The van der Waals surface area contributed by atoms with Crippen LogP contribution in [0.1, 0.15) is 0 Å². The van der Waals surface area contributed by atoms with Crippen LogP contribution in [0.2, 0.25) is 0 Å². The van der Waals surface area contributed by atoms with Gasteiger partial charge in [-0.15, -0.1) is 0 Å². The fourth-order valence-corrected chi connectivity index (χ4v) is 0. The van der Waals surface area contributed by atoms with Gasteiger partial charge in [-0.3, -0.25) is 4.55 Å². The van der Waals surface area contributed by atoms with Crippen molar-refractivity contribution in [3.63, 3.8) is 0 Å². The molecule has 0 aromatic heterocycles. The van der Waals surface area contributed by atoms with E-state index in [0.29, 0.717) is 0 Å². The topological polar surface area (TPSA) is 54.4 Å². The molecule has 0 aromatic rings.